The van der Waals surface area contributed by atoms with Crippen LogP contribution in [-0.2, 0) is 39.4 Å². The van der Waals surface area contributed by atoms with Gasteiger partial charge >= 0.3 is 0 Å². The fourth-order valence-electron chi connectivity index (χ4n) is 10.1. The van der Waals surface area contributed by atoms with Crippen LogP contribution in [0.5, 0.6) is 5.75 Å². The molecule has 0 aliphatic carbocycles. The number of aliphatic hydroxyl groups is 1. The highest BCUT2D eigenvalue weighted by Crippen LogP contribution is 2.60. The van der Waals surface area contributed by atoms with E-state index in [1.54, 1.807) is 18.1 Å². The molecule has 0 saturated carbocycles. The molecule has 0 radical (unpaired) electrons. The van der Waals surface area contributed by atoms with Crippen molar-refractivity contribution in [2.75, 3.05) is 18.6 Å². The lowest BCUT2D eigenvalue weighted by molar-refractivity contribution is -0.151. The number of H-pyrrole nitrogens is 1. The van der Waals surface area contributed by atoms with Gasteiger partial charge in [0, 0.05) is 22.5 Å². The fraction of sp³-hybridized carbons (Fsp3) is 0.298. The fourth-order valence-corrected chi connectivity index (χ4v) is 14.5. The monoisotopic (exact) mass is 870 g/mol. The van der Waals surface area contributed by atoms with Crippen molar-refractivity contribution in [2.45, 2.75) is 69.2 Å². The van der Waals surface area contributed by atoms with Crippen LogP contribution in [0.1, 0.15) is 35.6 Å². The molecule has 5 atom stereocenters. The topological polar surface area (TPSA) is 117 Å². The Morgan fingerprint density at radius 1 is 0.949 bits per heavy atom. The number of aliphatic hydroxyl groups excluding tert-OH is 1. The first-order valence-corrected chi connectivity index (χ1v) is 24.0. The molecule has 1 saturated heterocycles. The second-order valence-corrected chi connectivity index (χ2v) is 22.3. The summed E-state index contributed by atoms with van der Waals surface area (Å²) in [4.78, 5) is 46.8. The number of para-hydroxylation sites is 1. The third-order valence-corrected chi connectivity index (χ3v) is 18.0. The Labute approximate surface area is 352 Å². The Hall–Kier alpha value is -5.27. The highest BCUT2D eigenvalue weighted by Gasteiger charge is 2.66. The number of fused-ring (bicyclic) bond motifs is 4. The number of benzene rings is 5. The summed E-state index contributed by atoms with van der Waals surface area (Å²) in [5, 5.41) is 15.5. The minimum atomic E-state index is -2.53. The zero-order chi connectivity index (χ0) is 41.2. The van der Waals surface area contributed by atoms with E-state index in [0.29, 0.717) is 24.0 Å². The van der Waals surface area contributed by atoms with Crippen LogP contribution in [0.4, 0.5) is 5.69 Å². The molecule has 2 N–H and O–H groups in total. The summed E-state index contributed by atoms with van der Waals surface area (Å²) >= 11 is 3.71. The summed E-state index contributed by atoms with van der Waals surface area (Å²) in [6, 6.07) is 36.9. The van der Waals surface area contributed by atoms with Gasteiger partial charge in [-0.1, -0.05) is 102 Å². The second kappa shape index (κ2) is 15.1. The van der Waals surface area contributed by atoms with Crippen molar-refractivity contribution >= 4 is 57.6 Å². The van der Waals surface area contributed by atoms with Crippen molar-refractivity contribution < 1.29 is 24.2 Å². The lowest BCUT2D eigenvalue weighted by atomic mass is 9.82. The molecule has 0 unspecified atom stereocenters. The van der Waals surface area contributed by atoms with Crippen LogP contribution in [0.3, 0.4) is 0 Å². The van der Waals surface area contributed by atoms with E-state index in [9.17, 15) is 14.7 Å². The first-order valence-electron chi connectivity index (χ1n) is 20.1. The number of rotatable bonds is 9. The van der Waals surface area contributed by atoms with Crippen molar-refractivity contribution in [2.24, 2.45) is 5.92 Å². The predicted molar refractivity (Wildman–Crippen MR) is 235 cm³/mol. The zero-order valence-corrected chi connectivity index (χ0v) is 36.1. The highest BCUT2D eigenvalue weighted by molar-refractivity contribution is 9.10. The van der Waals surface area contributed by atoms with Crippen molar-refractivity contribution in [3.8, 4) is 11.4 Å². The Bertz CT molecular complexity index is 2640. The van der Waals surface area contributed by atoms with E-state index in [-0.39, 0.29) is 54.4 Å². The molecular formula is C47H47BrN4O6Si. The number of carbonyl (C=O) groups excluding carboxylic acids is 2. The molecule has 1 fully saturated rings. The quantitative estimate of drug-likeness (QED) is 0.149. The number of nitrogens with one attached hydrogen (secondary N) is 1. The SMILES string of the molecule is COc1ccc([Si](C)(C)[C@@H]2[C@@H](CC(=O)N3Cc4ccccc4C[C@H]3CO)O[C@]3(C(=O)N(Cc4ccc(-n5[nH]c6ccccc6c5=O)cc4)c4ccc(Br)cc43)[C@H]2C)cc1. The molecule has 4 heterocycles. The summed E-state index contributed by atoms with van der Waals surface area (Å²) in [5.74, 6) is 0.207. The molecule has 9 rings (SSSR count). The summed E-state index contributed by atoms with van der Waals surface area (Å²) in [5.41, 5.74) is 4.49. The molecule has 3 aliphatic rings. The second-order valence-electron chi connectivity index (χ2n) is 16.7. The van der Waals surface area contributed by atoms with Crippen LogP contribution in [0.15, 0.2) is 125 Å². The summed E-state index contributed by atoms with van der Waals surface area (Å²) in [6.45, 7) is 7.29. The number of nitrogens with zero attached hydrogens (tertiary/aromatic N) is 3. The average Bonchev–Trinajstić information content (AvgIpc) is 3.83. The number of aromatic amines is 1. The molecular weight excluding hydrogens is 825 g/mol. The van der Waals surface area contributed by atoms with Crippen LogP contribution in [0.2, 0.25) is 18.6 Å². The average molecular weight is 872 g/mol. The predicted octanol–water partition coefficient (Wildman–Crippen LogP) is 7.19. The molecule has 1 spiro atoms. The van der Waals surface area contributed by atoms with Gasteiger partial charge in [-0.05, 0) is 83.2 Å². The minimum Gasteiger partial charge on any atom is -0.497 e. The highest BCUT2D eigenvalue weighted by atomic mass is 79.9. The molecule has 12 heteroatoms. The van der Waals surface area contributed by atoms with E-state index in [1.165, 1.54) is 9.87 Å². The van der Waals surface area contributed by atoms with Crippen LogP contribution < -0.4 is 20.4 Å². The molecule has 5 aromatic carbocycles. The van der Waals surface area contributed by atoms with Gasteiger partial charge in [0.25, 0.3) is 11.5 Å². The Balaban J connectivity index is 1.08. The van der Waals surface area contributed by atoms with E-state index < -0.39 is 19.8 Å². The van der Waals surface area contributed by atoms with Crippen molar-refractivity contribution in [3.05, 3.63) is 152 Å². The molecule has 1 aromatic heterocycles. The maximum absolute atomic E-state index is 15.4. The lowest BCUT2D eigenvalue weighted by Crippen LogP contribution is -2.52. The van der Waals surface area contributed by atoms with E-state index >= 15 is 4.79 Å². The third-order valence-electron chi connectivity index (χ3n) is 13.2. The van der Waals surface area contributed by atoms with Gasteiger partial charge in [-0.2, -0.15) is 0 Å². The van der Waals surface area contributed by atoms with Gasteiger partial charge in [0.15, 0.2) is 5.60 Å². The Morgan fingerprint density at radius 2 is 1.66 bits per heavy atom. The number of aromatic nitrogens is 2. The van der Waals surface area contributed by atoms with Crippen molar-refractivity contribution in [1.29, 1.82) is 0 Å². The van der Waals surface area contributed by atoms with Crippen molar-refractivity contribution in [1.82, 2.24) is 14.7 Å². The number of carbonyl (C=O) groups is 2. The number of halogens is 1. The van der Waals surface area contributed by atoms with Gasteiger partial charge in [0.2, 0.25) is 5.91 Å². The first kappa shape index (κ1) is 39.2. The first-order chi connectivity index (χ1) is 28.4. The van der Waals surface area contributed by atoms with Crippen LogP contribution in [0.25, 0.3) is 16.6 Å². The smallest absolute Gasteiger partial charge is 0.279 e. The van der Waals surface area contributed by atoms with Gasteiger partial charge in [-0.3, -0.25) is 19.5 Å². The molecule has 10 nitrogen and oxygen atoms in total. The summed E-state index contributed by atoms with van der Waals surface area (Å²) in [6.07, 6.45) is 0.0730. The molecule has 302 valence electrons. The number of hydrogen-bond acceptors (Lipinski definition) is 6. The van der Waals surface area contributed by atoms with Crippen LogP contribution in [0, 0.1) is 5.92 Å². The molecule has 6 aromatic rings. The third kappa shape index (κ3) is 6.48. The van der Waals surface area contributed by atoms with E-state index in [1.807, 2.05) is 95.9 Å². The van der Waals surface area contributed by atoms with Gasteiger partial charge in [-0.25, -0.2) is 4.68 Å². The normalized spacial score (nSPS) is 22.6. The van der Waals surface area contributed by atoms with Gasteiger partial charge in [0.1, 0.15) is 5.75 Å². The van der Waals surface area contributed by atoms with E-state index in [4.69, 9.17) is 9.47 Å². The summed E-state index contributed by atoms with van der Waals surface area (Å²) in [7, 11) is -0.878. The number of hydrogen-bond donors (Lipinski definition) is 2. The molecule has 59 heavy (non-hydrogen) atoms. The van der Waals surface area contributed by atoms with Crippen molar-refractivity contribution in [3.63, 3.8) is 0 Å². The molecule has 2 amide bonds. The molecule has 3 aliphatic heterocycles. The number of ether oxygens (including phenoxy) is 2. The standard InChI is InChI=1S/C47H47BrN4O6Si/c1-29-44(59(3,4)37-20-18-36(57-2)19-21-37)42(25-43(54)50-27-32-10-6-5-9-31(32)23-35(50)28-53)58-47(29)39-24-33(48)15-22-41(39)51(46(47)56)26-30-13-16-34(17-14-30)52-45(55)38-11-7-8-12-40(38)49-52/h5-22,24,29,35,42,44,49,53H,23,25-28H2,1-4H3/t29-,35-,42+,44-,47+/m0/s1. The largest absolute Gasteiger partial charge is 0.497 e. The number of anilines is 1. The Kier molecular flexibility index (Phi) is 10.0. The van der Waals surface area contributed by atoms with E-state index in [2.05, 4.69) is 59.2 Å². The van der Waals surface area contributed by atoms with Crippen LogP contribution >= 0.6 is 15.9 Å². The Morgan fingerprint density at radius 3 is 2.37 bits per heavy atom. The number of methoxy groups -OCH3 is 1. The van der Waals surface area contributed by atoms with Gasteiger partial charge < -0.3 is 24.4 Å². The zero-order valence-electron chi connectivity index (χ0n) is 33.5. The van der Waals surface area contributed by atoms with Crippen LogP contribution in [-0.4, -0.2) is 65.5 Å². The lowest BCUT2D eigenvalue weighted by Gasteiger charge is -2.39. The number of amides is 2. The minimum absolute atomic E-state index is 0.0766. The maximum Gasteiger partial charge on any atom is 0.279 e. The van der Waals surface area contributed by atoms with Gasteiger partial charge in [-0.15, -0.1) is 0 Å². The summed E-state index contributed by atoms with van der Waals surface area (Å²) < 4.78 is 15.2. The maximum atomic E-state index is 15.4. The molecule has 0 bridgehead atoms. The van der Waals surface area contributed by atoms with Gasteiger partial charge in [0.05, 0.1) is 69.2 Å². The van der Waals surface area contributed by atoms with E-state index in [0.717, 1.165) is 43.7 Å².